The number of carbonyl (C=O) groups is 2. The molecule has 1 aromatic heterocycles. The van der Waals surface area contributed by atoms with E-state index in [9.17, 15) is 9.59 Å². The Morgan fingerprint density at radius 3 is 2.81 bits per heavy atom. The Hall–Kier alpha value is -3.21. The predicted molar refractivity (Wildman–Crippen MR) is 120 cm³/mol. The van der Waals surface area contributed by atoms with Crippen molar-refractivity contribution in [2.24, 2.45) is 5.92 Å². The van der Waals surface area contributed by atoms with E-state index in [0.717, 1.165) is 65.5 Å². The summed E-state index contributed by atoms with van der Waals surface area (Å²) in [7, 11) is 0. The molecule has 1 aliphatic carbocycles. The van der Waals surface area contributed by atoms with Gasteiger partial charge in [0.05, 0.1) is 11.1 Å². The van der Waals surface area contributed by atoms with Crippen LogP contribution in [0.25, 0.3) is 10.9 Å². The Morgan fingerprint density at radius 2 is 1.90 bits per heavy atom. The topological polar surface area (TPSA) is 59.5 Å². The lowest BCUT2D eigenvalue weighted by Crippen LogP contribution is -2.38. The summed E-state index contributed by atoms with van der Waals surface area (Å²) in [4.78, 5) is 32.7. The molecule has 0 spiro atoms. The molecule has 5 nitrogen and oxygen atoms in total. The van der Waals surface area contributed by atoms with E-state index in [2.05, 4.69) is 13.0 Å². The fourth-order valence-corrected chi connectivity index (χ4v) is 4.87. The molecule has 5 heteroatoms. The summed E-state index contributed by atoms with van der Waals surface area (Å²) >= 11 is 0. The molecule has 2 aliphatic rings. The highest BCUT2D eigenvalue weighted by molar-refractivity contribution is 6.06. The fraction of sp³-hybridized carbons (Fsp3) is 0.346. The van der Waals surface area contributed by atoms with Gasteiger partial charge in [0.2, 0.25) is 0 Å². The number of hydrogen-bond acceptors (Lipinski definition) is 4. The summed E-state index contributed by atoms with van der Waals surface area (Å²) in [6.45, 7) is 2.59. The average molecular weight is 415 g/mol. The number of carbonyl (C=O) groups excluding carboxylic acids is 2. The molecule has 1 aliphatic heterocycles. The Labute approximate surface area is 182 Å². The summed E-state index contributed by atoms with van der Waals surface area (Å²) in [5, 5.41) is 0.802. The van der Waals surface area contributed by atoms with E-state index in [1.807, 2.05) is 42.5 Å². The van der Waals surface area contributed by atoms with Crippen LogP contribution >= 0.6 is 0 Å². The largest absolute Gasteiger partial charge is 0.452 e. The molecule has 0 radical (unpaired) electrons. The molecule has 3 aromatic rings. The second-order valence-electron chi connectivity index (χ2n) is 8.63. The SMILES string of the molecule is C[C@@H]1CCc2nc3ccccc3c(C(=O)OCC(=O)N3CCCc4ccccc43)c2C1. The maximum Gasteiger partial charge on any atom is 0.339 e. The Morgan fingerprint density at radius 1 is 1.10 bits per heavy atom. The van der Waals surface area contributed by atoms with E-state index >= 15 is 0 Å². The number of ether oxygens (including phenoxy) is 1. The average Bonchev–Trinajstić information content (AvgIpc) is 2.80. The van der Waals surface area contributed by atoms with Crippen LogP contribution in [-0.2, 0) is 28.8 Å². The predicted octanol–water partition coefficient (Wildman–Crippen LogP) is 4.50. The maximum atomic E-state index is 13.2. The molecule has 1 atom stereocenters. The second-order valence-corrected chi connectivity index (χ2v) is 8.63. The van der Waals surface area contributed by atoms with Gasteiger partial charge in [-0.3, -0.25) is 9.78 Å². The van der Waals surface area contributed by atoms with Crippen molar-refractivity contribution in [1.82, 2.24) is 4.98 Å². The number of esters is 1. The highest BCUT2D eigenvalue weighted by Gasteiger charge is 2.28. The first-order chi connectivity index (χ1) is 15.1. The van der Waals surface area contributed by atoms with Crippen molar-refractivity contribution >= 4 is 28.5 Å². The monoisotopic (exact) mass is 414 g/mol. The molecule has 31 heavy (non-hydrogen) atoms. The summed E-state index contributed by atoms with van der Waals surface area (Å²) in [5.74, 6) is -0.114. The third kappa shape index (κ3) is 3.69. The number of para-hydroxylation sites is 2. The van der Waals surface area contributed by atoms with Crippen molar-refractivity contribution in [1.29, 1.82) is 0 Å². The van der Waals surface area contributed by atoms with Crippen molar-refractivity contribution in [3.05, 3.63) is 70.9 Å². The van der Waals surface area contributed by atoms with Crippen LogP contribution in [0.1, 0.15) is 46.9 Å². The van der Waals surface area contributed by atoms with Crippen molar-refractivity contribution < 1.29 is 14.3 Å². The molecular weight excluding hydrogens is 388 g/mol. The molecular formula is C26H26N2O3. The van der Waals surface area contributed by atoms with Crippen molar-refractivity contribution in [3.8, 4) is 0 Å². The van der Waals surface area contributed by atoms with Crippen molar-refractivity contribution in [2.45, 2.75) is 39.0 Å². The highest BCUT2D eigenvalue weighted by atomic mass is 16.5. The van der Waals surface area contributed by atoms with Crippen LogP contribution in [-0.4, -0.2) is 30.0 Å². The molecule has 158 valence electrons. The van der Waals surface area contributed by atoms with E-state index in [-0.39, 0.29) is 12.5 Å². The lowest BCUT2D eigenvalue weighted by molar-refractivity contribution is -0.121. The zero-order valence-electron chi connectivity index (χ0n) is 17.8. The first kappa shape index (κ1) is 19.7. The maximum absolute atomic E-state index is 13.2. The minimum Gasteiger partial charge on any atom is -0.452 e. The van der Waals surface area contributed by atoms with Crippen LogP contribution in [0, 0.1) is 5.92 Å². The lowest BCUT2D eigenvalue weighted by atomic mass is 9.84. The zero-order valence-corrected chi connectivity index (χ0v) is 17.8. The summed E-state index contributed by atoms with van der Waals surface area (Å²) in [6, 6.07) is 15.6. The van der Waals surface area contributed by atoms with Gasteiger partial charge in [-0.05, 0) is 61.3 Å². The molecule has 0 N–H and O–H groups in total. The van der Waals surface area contributed by atoms with Crippen LogP contribution in [0.3, 0.4) is 0 Å². The van der Waals surface area contributed by atoms with Crippen LogP contribution in [0.4, 0.5) is 5.69 Å². The number of fused-ring (bicyclic) bond motifs is 3. The molecule has 0 saturated carbocycles. The minimum absolute atomic E-state index is 0.180. The molecule has 2 aromatic carbocycles. The van der Waals surface area contributed by atoms with E-state index < -0.39 is 5.97 Å². The van der Waals surface area contributed by atoms with E-state index in [4.69, 9.17) is 9.72 Å². The summed E-state index contributed by atoms with van der Waals surface area (Å²) < 4.78 is 5.61. The van der Waals surface area contributed by atoms with Gasteiger partial charge in [-0.2, -0.15) is 0 Å². The van der Waals surface area contributed by atoms with Gasteiger partial charge < -0.3 is 9.64 Å². The van der Waals surface area contributed by atoms with Gasteiger partial charge in [0.25, 0.3) is 5.91 Å². The second kappa shape index (κ2) is 8.14. The van der Waals surface area contributed by atoms with Gasteiger partial charge in [0, 0.05) is 23.3 Å². The van der Waals surface area contributed by atoms with Crippen LogP contribution in [0.15, 0.2) is 48.5 Å². The number of anilines is 1. The van der Waals surface area contributed by atoms with Crippen LogP contribution in [0.5, 0.6) is 0 Å². The van der Waals surface area contributed by atoms with Crippen molar-refractivity contribution in [2.75, 3.05) is 18.1 Å². The van der Waals surface area contributed by atoms with Gasteiger partial charge in [-0.25, -0.2) is 4.79 Å². The number of hydrogen-bond donors (Lipinski definition) is 0. The van der Waals surface area contributed by atoms with Gasteiger partial charge in [0.15, 0.2) is 6.61 Å². The molecule has 0 unspecified atom stereocenters. The Bertz CT molecular complexity index is 1170. The standard InChI is InChI=1S/C26H26N2O3/c1-17-12-13-22-20(15-17)25(19-9-3-4-10-21(19)27-22)26(30)31-16-24(29)28-14-6-8-18-7-2-5-11-23(18)28/h2-5,7,9-11,17H,6,8,12-16H2,1H3/t17-/m1/s1. The van der Waals surface area contributed by atoms with E-state index in [1.165, 1.54) is 0 Å². The number of amides is 1. The van der Waals surface area contributed by atoms with E-state index in [1.54, 1.807) is 4.90 Å². The Kier molecular flexibility index (Phi) is 5.18. The summed E-state index contributed by atoms with van der Waals surface area (Å²) in [6.07, 6.45) is 4.62. The number of rotatable bonds is 3. The van der Waals surface area contributed by atoms with Gasteiger partial charge in [-0.15, -0.1) is 0 Å². The van der Waals surface area contributed by atoms with Crippen LogP contribution < -0.4 is 4.90 Å². The third-order valence-corrected chi connectivity index (χ3v) is 6.45. The molecule has 0 saturated heterocycles. The number of benzene rings is 2. The normalized spacial score (nSPS) is 17.7. The minimum atomic E-state index is -0.428. The van der Waals surface area contributed by atoms with Crippen molar-refractivity contribution in [3.63, 3.8) is 0 Å². The fourth-order valence-electron chi connectivity index (χ4n) is 4.87. The molecule has 0 fully saturated rings. The highest BCUT2D eigenvalue weighted by Crippen LogP contribution is 2.32. The van der Waals surface area contributed by atoms with Crippen LogP contribution in [0.2, 0.25) is 0 Å². The number of pyridine rings is 1. The molecule has 0 bridgehead atoms. The van der Waals surface area contributed by atoms with Gasteiger partial charge >= 0.3 is 5.97 Å². The first-order valence-electron chi connectivity index (χ1n) is 11.1. The zero-order chi connectivity index (χ0) is 21.4. The first-order valence-corrected chi connectivity index (χ1v) is 11.1. The number of aromatic nitrogens is 1. The van der Waals surface area contributed by atoms with E-state index in [0.29, 0.717) is 18.0 Å². The lowest BCUT2D eigenvalue weighted by Gasteiger charge is -2.29. The Balaban J connectivity index is 1.41. The molecule has 5 rings (SSSR count). The number of aryl methyl sites for hydroxylation is 2. The number of nitrogens with zero attached hydrogens (tertiary/aromatic N) is 2. The molecule has 2 heterocycles. The molecule has 1 amide bonds. The quantitative estimate of drug-likeness (QED) is 0.592. The smallest absolute Gasteiger partial charge is 0.339 e. The van der Waals surface area contributed by atoms with Gasteiger partial charge in [-0.1, -0.05) is 43.3 Å². The summed E-state index contributed by atoms with van der Waals surface area (Å²) in [5.41, 5.74) is 5.45. The third-order valence-electron chi connectivity index (χ3n) is 6.45. The van der Waals surface area contributed by atoms with Gasteiger partial charge in [0.1, 0.15) is 0 Å².